The number of hydrogen-bond acceptors (Lipinski definition) is 3. The molecule has 0 spiro atoms. The van der Waals surface area contributed by atoms with Crippen LogP contribution >= 0.6 is 11.6 Å². The van der Waals surface area contributed by atoms with E-state index in [9.17, 15) is 13.2 Å². The zero-order valence-corrected chi connectivity index (χ0v) is 19.6. The normalized spacial score (nSPS) is 13.2. The number of nitrogens with one attached hydrogen (secondary N) is 1. The summed E-state index contributed by atoms with van der Waals surface area (Å²) in [6, 6.07) is 17.8. The van der Waals surface area contributed by atoms with E-state index in [1.807, 2.05) is 50.2 Å². The van der Waals surface area contributed by atoms with Crippen LogP contribution in [-0.4, -0.2) is 20.9 Å². The van der Waals surface area contributed by atoms with E-state index in [-0.39, 0.29) is 21.4 Å². The monoisotopic (exact) mass is 468 g/mol. The molecule has 4 rings (SSSR count). The molecule has 166 valence electrons. The van der Waals surface area contributed by atoms with Crippen LogP contribution in [0.25, 0.3) is 0 Å². The van der Waals surface area contributed by atoms with Crippen LogP contribution in [0.1, 0.15) is 40.9 Å². The van der Waals surface area contributed by atoms with Crippen molar-refractivity contribution in [3.05, 3.63) is 87.9 Å². The number of benzene rings is 3. The molecule has 0 bridgehead atoms. The fourth-order valence-corrected chi connectivity index (χ4v) is 6.11. The van der Waals surface area contributed by atoms with Gasteiger partial charge in [0.05, 0.1) is 10.7 Å². The van der Waals surface area contributed by atoms with Crippen molar-refractivity contribution in [3.63, 3.8) is 0 Å². The van der Waals surface area contributed by atoms with E-state index in [0.717, 1.165) is 35.2 Å². The zero-order chi connectivity index (χ0) is 22.9. The summed E-state index contributed by atoms with van der Waals surface area (Å²) in [7, 11) is -3.92. The predicted molar refractivity (Wildman–Crippen MR) is 129 cm³/mol. The molecule has 7 heteroatoms. The largest absolute Gasteiger partial charge is 0.321 e. The molecular formula is C25H25ClN2O3S. The average Bonchev–Trinajstić information content (AvgIpc) is 3.24. The number of halogens is 1. The first-order valence-electron chi connectivity index (χ1n) is 10.7. The van der Waals surface area contributed by atoms with Crippen molar-refractivity contribution in [1.82, 2.24) is 0 Å². The van der Waals surface area contributed by atoms with Crippen LogP contribution in [0, 0.1) is 0 Å². The topological polar surface area (TPSA) is 66.5 Å². The second kappa shape index (κ2) is 8.96. The maximum Gasteiger partial charge on any atom is 0.265 e. The van der Waals surface area contributed by atoms with Gasteiger partial charge in [-0.05, 0) is 60.2 Å². The molecule has 0 saturated carbocycles. The number of hydrogen-bond donors (Lipinski definition) is 1. The van der Waals surface area contributed by atoms with E-state index in [4.69, 9.17) is 11.6 Å². The lowest BCUT2D eigenvalue weighted by Crippen LogP contribution is -2.29. The van der Waals surface area contributed by atoms with Crippen molar-refractivity contribution in [3.8, 4) is 0 Å². The number of nitrogens with zero attached hydrogens (tertiary/aromatic N) is 1. The quantitative estimate of drug-likeness (QED) is 0.521. The molecule has 1 aliphatic rings. The van der Waals surface area contributed by atoms with E-state index in [2.05, 4.69) is 5.32 Å². The number of fused-ring (bicyclic) bond motifs is 1. The summed E-state index contributed by atoms with van der Waals surface area (Å²) in [5.41, 5.74) is 4.73. The lowest BCUT2D eigenvalue weighted by molar-refractivity contribution is 0.102. The Balaban J connectivity index is 1.69. The van der Waals surface area contributed by atoms with Crippen LogP contribution in [0.2, 0.25) is 5.02 Å². The van der Waals surface area contributed by atoms with E-state index in [1.54, 1.807) is 12.1 Å². The third kappa shape index (κ3) is 4.00. The third-order valence-electron chi connectivity index (χ3n) is 5.84. The molecule has 0 aromatic heterocycles. The Hall–Kier alpha value is -2.83. The number of amides is 1. The number of carbonyl (C=O) groups is 1. The Bertz CT molecular complexity index is 1270. The van der Waals surface area contributed by atoms with Gasteiger partial charge in [0.15, 0.2) is 0 Å². The lowest BCUT2D eigenvalue weighted by atomic mass is 10.0. The molecule has 0 saturated heterocycles. The van der Waals surface area contributed by atoms with Crippen LogP contribution in [-0.2, 0) is 29.3 Å². The second-order valence-electron chi connectivity index (χ2n) is 7.71. The van der Waals surface area contributed by atoms with Crippen LogP contribution in [0.5, 0.6) is 0 Å². The Morgan fingerprint density at radius 3 is 2.38 bits per heavy atom. The number of rotatable bonds is 6. The summed E-state index contributed by atoms with van der Waals surface area (Å²) in [5.74, 6) is -0.365. The maximum atomic E-state index is 13.5. The summed E-state index contributed by atoms with van der Waals surface area (Å²) in [4.78, 5) is 13.0. The molecule has 1 N–H and O–H groups in total. The predicted octanol–water partition coefficient (Wildman–Crippen LogP) is 5.47. The minimum atomic E-state index is -3.92. The van der Waals surface area contributed by atoms with Gasteiger partial charge in [0.25, 0.3) is 15.9 Å². The van der Waals surface area contributed by atoms with Gasteiger partial charge >= 0.3 is 0 Å². The minimum Gasteiger partial charge on any atom is -0.321 e. The average molecular weight is 469 g/mol. The number of carbonyl (C=O) groups excluding carboxylic acids is 1. The van der Waals surface area contributed by atoms with Gasteiger partial charge in [-0.3, -0.25) is 9.10 Å². The highest BCUT2D eigenvalue weighted by molar-refractivity contribution is 7.93. The third-order valence-corrected chi connectivity index (χ3v) is 8.14. The molecule has 3 aromatic rings. The first kappa shape index (κ1) is 22.4. The van der Waals surface area contributed by atoms with Crippen molar-refractivity contribution in [2.75, 3.05) is 16.2 Å². The SMILES string of the molecule is CCc1cccc(CC)c1NC(=O)c1ccc(Cl)c(S(=O)(=O)N2CCc3ccccc32)c1. The number of aryl methyl sites for hydroxylation is 2. The van der Waals surface area contributed by atoms with Gasteiger partial charge < -0.3 is 5.32 Å². The van der Waals surface area contributed by atoms with Gasteiger partial charge in [0.1, 0.15) is 4.90 Å². The van der Waals surface area contributed by atoms with Crippen molar-refractivity contribution in [1.29, 1.82) is 0 Å². The lowest BCUT2D eigenvalue weighted by Gasteiger charge is -2.21. The molecule has 32 heavy (non-hydrogen) atoms. The molecule has 5 nitrogen and oxygen atoms in total. The highest BCUT2D eigenvalue weighted by atomic mass is 35.5. The standard InChI is InChI=1S/C25H25ClN2O3S/c1-3-17-9-7-10-18(4-2)24(17)27-25(29)20-12-13-21(26)23(16-20)32(30,31)28-15-14-19-8-5-6-11-22(19)28/h5-13,16H,3-4,14-15H2,1-2H3,(H,27,29). The Morgan fingerprint density at radius 1 is 1.00 bits per heavy atom. The fraction of sp³-hybridized carbons (Fsp3) is 0.240. The first-order chi connectivity index (χ1) is 15.4. The van der Waals surface area contributed by atoms with Gasteiger partial charge in [0, 0.05) is 17.8 Å². The molecule has 0 fully saturated rings. The van der Waals surface area contributed by atoms with Gasteiger partial charge in [-0.25, -0.2) is 8.42 Å². The number of para-hydroxylation sites is 2. The van der Waals surface area contributed by atoms with Crippen LogP contribution in [0.15, 0.2) is 65.6 Å². The summed E-state index contributed by atoms with van der Waals surface area (Å²) in [6.07, 6.45) is 2.19. The highest BCUT2D eigenvalue weighted by Crippen LogP contribution is 2.35. The van der Waals surface area contributed by atoms with E-state index in [1.165, 1.54) is 16.4 Å². The highest BCUT2D eigenvalue weighted by Gasteiger charge is 2.32. The van der Waals surface area contributed by atoms with Crippen LogP contribution in [0.4, 0.5) is 11.4 Å². The van der Waals surface area contributed by atoms with Gasteiger partial charge in [0.2, 0.25) is 0 Å². The Morgan fingerprint density at radius 2 is 1.69 bits per heavy atom. The summed E-state index contributed by atoms with van der Waals surface area (Å²) in [5, 5.41) is 3.08. The Labute approximate surface area is 194 Å². The summed E-state index contributed by atoms with van der Waals surface area (Å²) >= 11 is 6.31. The van der Waals surface area contributed by atoms with Gasteiger partial charge in [-0.1, -0.05) is 61.8 Å². The van der Waals surface area contributed by atoms with Gasteiger partial charge in [-0.2, -0.15) is 0 Å². The van der Waals surface area contributed by atoms with Crippen molar-refractivity contribution >= 4 is 38.9 Å². The minimum absolute atomic E-state index is 0.0667. The van der Waals surface area contributed by atoms with E-state index >= 15 is 0 Å². The van der Waals surface area contributed by atoms with E-state index in [0.29, 0.717) is 18.7 Å². The van der Waals surface area contributed by atoms with Crippen molar-refractivity contribution < 1.29 is 13.2 Å². The second-order valence-corrected chi connectivity index (χ2v) is 9.95. The smallest absolute Gasteiger partial charge is 0.265 e. The van der Waals surface area contributed by atoms with Crippen LogP contribution < -0.4 is 9.62 Å². The fourth-order valence-electron chi connectivity index (χ4n) is 4.11. The number of anilines is 2. The first-order valence-corrected chi connectivity index (χ1v) is 12.5. The Kier molecular flexibility index (Phi) is 6.26. The van der Waals surface area contributed by atoms with E-state index < -0.39 is 10.0 Å². The molecule has 0 aliphatic carbocycles. The zero-order valence-electron chi connectivity index (χ0n) is 18.1. The molecule has 1 aliphatic heterocycles. The summed E-state index contributed by atoms with van der Waals surface area (Å²) < 4.78 is 28.3. The van der Waals surface area contributed by atoms with Crippen molar-refractivity contribution in [2.45, 2.75) is 38.0 Å². The maximum absolute atomic E-state index is 13.5. The molecule has 1 heterocycles. The molecule has 1 amide bonds. The van der Waals surface area contributed by atoms with Crippen LogP contribution in [0.3, 0.4) is 0 Å². The molecule has 3 aromatic carbocycles. The van der Waals surface area contributed by atoms with Crippen molar-refractivity contribution in [2.24, 2.45) is 0 Å². The van der Waals surface area contributed by atoms with Gasteiger partial charge in [-0.15, -0.1) is 0 Å². The molecule has 0 atom stereocenters. The molecule has 0 radical (unpaired) electrons. The molecular weight excluding hydrogens is 444 g/mol. The number of sulfonamides is 1. The summed E-state index contributed by atoms with van der Waals surface area (Å²) in [6.45, 7) is 4.41. The molecule has 0 unspecified atom stereocenters.